The monoisotopic (exact) mass is 182 g/mol. The number of nitrogens with one attached hydrogen (secondary N) is 1. The van der Waals surface area contributed by atoms with Crippen molar-refractivity contribution in [2.24, 2.45) is 11.8 Å². The zero-order valence-electron chi connectivity index (χ0n) is 6.99. The molecule has 0 aromatic carbocycles. The van der Waals surface area contributed by atoms with Crippen LogP contribution in [-0.4, -0.2) is 0 Å². The van der Waals surface area contributed by atoms with Crippen LogP contribution in [0.2, 0.25) is 0 Å². The van der Waals surface area contributed by atoms with Crippen LogP contribution in [0.4, 0.5) is 0 Å². The number of rotatable bonds is 4. The molecule has 0 radical (unpaired) electrons. The normalized spacial score (nSPS) is 19.4. The molecule has 12 heavy (non-hydrogen) atoms. The van der Waals surface area contributed by atoms with Crippen molar-refractivity contribution in [3.63, 3.8) is 0 Å². The summed E-state index contributed by atoms with van der Waals surface area (Å²) in [6.45, 7) is 0. The Balaban J connectivity index is 1.97. The molecule has 0 aliphatic heterocycles. The van der Waals surface area contributed by atoms with Crippen LogP contribution in [-0.2, 0) is 0 Å². The van der Waals surface area contributed by atoms with Gasteiger partial charge in [0.25, 0.3) is 0 Å². The molecule has 3 heteroatoms. The number of hydrazine groups is 1. The summed E-state index contributed by atoms with van der Waals surface area (Å²) in [4.78, 5) is 0. The lowest BCUT2D eigenvalue weighted by Gasteiger charge is -2.13. The predicted molar refractivity (Wildman–Crippen MR) is 51.7 cm³/mol. The molecule has 1 heterocycles. The maximum Gasteiger partial charge on any atom is 0.0470 e. The molecule has 66 valence electrons. The van der Waals surface area contributed by atoms with Crippen molar-refractivity contribution in [2.45, 2.75) is 25.3 Å². The third kappa shape index (κ3) is 1.86. The van der Waals surface area contributed by atoms with Gasteiger partial charge in [-0.3, -0.25) is 11.3 Å². The van der Waals surface area contributed by atoms with Crippen LogP contribution in [0.25, 0.3) is 0 Å². The highest BCUT2D eigenvalue weighted by Gasteiger charge is 2.25. The Kier molecular flexibility index (Phi) is 2.44. The van der Waals surface area contributed by atoms with Crippen LogP contribution in [0.3, 0.4) is 0 Å². The predicted octanol–water partition coefficient (Wildman–Crippen LogP) is 2.05. The molecule has 1 aromatic heterocycles. The van der Waals surface area contributed by atoms with Crippen LogP contribution in [0.1, 0.15) is 30.9 Å². The Morgan fingerprint density at radius 2 is 2.50 bits per heavy atom. The second-order valence-electron chi connectivity index (χ2n) is 3.46. The Morgan fingerprint density at radius 3 is 3.00 bits per heavy atom. The third-order valence-electron chi connectivity index (χ3n) is 2.41. The zero-order chi connectivity index (χ0) is 8.39. The fourth-order valence-electron chi connectivity index (χ4n) is 1.46. The average Bonchev–Trinajstić information content (AvgIpc) is 2.74. The van der Waals surface area contributed by atoms with E-state index in [-0.39, 0.29) is 0 Å². The molecule has 1 aromatic rings. The van der Waals surface area contributed by atoms with Gasteiger partial charge in [0.1, 0.15) is 0 Å². The summed E-state index contributed by atoms with van der Waals surface area (Å²) in [5.74, 6) is 6.42. The second-order valence-corrected chi connectivity index (χ2v) is 4.24. The van der Waals surface area contributed by atoms with Crippen LogP contribution in [0.5, 0.6) is 0 Å². The summed E-state index contributed by atoms with van der Waals surface area (Å²) < 4.78 is 0. The van der Waals surface area contributed by atoms with E-state index in [1.165, 1.54) is 24.8 Å². The van der Waals surface area contributed by atoms with E-state index in [2.05, 4.69) is 22.3 Å². The summed E-state index contributed by atoms with van der Waals surface area (Å²) in [5, 5.41) is 4.28. The molecule has 2 rings (SSSR count). The molecule has 0 spiro atoms. The second kappa shape index (κ2) is 3.56. The summed E-state index contributed by atoms with van der Waals surface area (Å²) in [7, 11) is 0. The summed E-state index contributed by atoms with van der Waals surface area (Å²) in [6.07, 6.45) is 3.98. The first kappa shape index (κ1) is 8.23. The first-order valence-corrected chi connectivity index (χ1v) is 5.32. The van der Waals surface area contributed by atoms with Crippen LogP contribution in [0, 0.1) is 5.92 Å². The summed E-state index contributed by atoms with van der Waals surface area (Å²) in [5.41, 5.74) is 4.22. The van der Waals surface area contributed by atoms with Gasteiger partial charge in [0.15, 0.2) is 0 Å². The van der Waals surface area contributed by atoms with Gasteiger partial charge >= 0.3 is 0 Å². The van der Waals surface area contributed by atoms with E-state index in [1.54, 1.807) is 11.3 Å². The molecular formula is C9H14N2S. The van der Waals surface area contributed by atoms with E-state index in [0.29, 0.717) is 6.04 Å². The molecule has 1 unspecified atom stereocenters. The largest absolute Gasteiger partial charge is 0.271 e. The van der Waals surface area contributed by atoms with Crippen molar-refractivity contribution in [2.75, 3.05) is 0 Å². The molecule has 1 atom stereocenters. The van der Waals surface area contributed by atoms with Crippen LogP contribution in [0.15, 0.2) is 16.8 Å². The molecular weight excluding hydrogens is 168 g/mol. The minimum atomic E-state index is 0.378. The molecule has 1 saturated carbocycles. The quantitative estimate of drug-likeness (QED) is 0.552. The SMILES string of the molecule is NNC(CC1CC1)c1ccsc1. The molecule has 0 bridgehead atoms. The minimum absolute atomic E-state index is 0.378. The van der Waals surface area contributed by atoms with Crippen molar-refractivity contribution in [1.82, 2.24) is 5.43 Å². The van der Waals surface area contributed by atoms with Gasteiger partial charge < -0.3 is 0 Å². The fourth-order valence-corrected chi connectivity index (χ4v) is 2.17. The molecule has 1 aliphatic rings. The highest BCUT2D eigenvalue weighted by Crippen LogP contribution is 2.37. The van der Waals surface area contributed by atoms with Crippen molar-refractivity contribution in [3.8, 4) is 0 Å². The maximum atomic E-state index is 5.49. The standard InChI is InChI=1S/C9H14N2S/c10-11-9(5-7-1-2-7)8-3-4-12-6-8/h3-4,6-7,9,11H,1-2,5,10H2. The maximum absolute atomic E-state index is 5.49. The lowest BCUT2D eigenvalue weighted by atomic mass is 10.1. The Bertz CT molecular complexity index is 229. The van der Waals surface area contributed by atoms with Gasteiger partial charge in [0.05, 0.1) is 0 Å². The third-order valence-corrected chi connectivity index (χ3v) is 3.11. The number of nitrogens with two attached hydrogens (primary N) is 1. The first-order chi connectivity index (χ1) is 5.90. The number of hydrogen-bond acceptors (Lipinski definition) is 3. The summed E-state index contributed by atoms with van der Waals surface area (Å²) in [6, 6.07) is 2.53. The van der Waals surface area contributed by atoms with Gasteiger partial charge in [0, 0.05) is 6.04 Å². The molecule has 0 saturated heterocycles. The van der Waals surface area contributed by atoms with E-state index < -0.39 is 0 Å². The van der Waals surface area contributed by atoms with E-state index in [0.717, 1.165) is 5.92 Å². The Morgan fingerprint density at radius 1 is 1.67 bits per heavy atom. The Labute approximate surface area is 76.8 Å². The number of hydrogen-bond donors (Lipinski definition) is 2. The Hall–Kier alpha value is -0.380. The van der Waals surface area contributed by atoms with E-state index in [9.17, 15) is 0 Å². The highest BCUT2D eigenvalue weighted by atomic mass is 32.1. The lowest BCUT2D eigenvalue weighted by Crippen LogP contribution is -2.27. The minimum Gasteiger partial charge on any atom is -0.271 e. The molecule has 1 fully saturated rings. The van der Waals surface area contributed by atoms with Crippen LogP contribution < -0.4 is 11.3 Å². The highest BCUT2D eigenvalue weighted by molar-refractivity contribution is 7.07. The van der Waals surface area contributed by atoms with Gasteiger partial charge in [-0.1, -0.05) is 12.8 Å². The molecule has 1 aliphatic carbocycles. The molecule has 0 amide bonds. The average molecular weight is 182 g/mol. The zero-order valence-corrected chi connectivity index (χ0v) is 7.81. The number of thiophene rings is 1. The molecule has 3 N–H and O–H groups in total. The smallest absolute Gasteiger partial charge is 0.0470 e. The van der Waals surface area contributed by atoms with Gasteiger partial charge in [-0.15, -0.1) is 0 Å². The van der Waals surface area contributed by atoms with Crippen molar-refractivity contribution < 1.29 is 0 Å². The topological polar surface area (TPSA) is 38.0 Å². The first-order valence-electron chi connectivity index (χ1n) is 4.38. The van der Waals surface area contributed by atoms with Crippen molar-refractivity contribution in [1.29, 1.82) is 0 Å². The molecule has 2 nitrogen and oxygen atoms in total. The fraction of sp³-hybridized carbons (Fsp3) is 0.556. The van der Waals surface area contributed by atoms with Gasteiger partial charge in [0.2, 0.25) is 0 Å². The summed E-state index contributed by atoms with van der Waals surface area (Å²) >= 11 is 1.74. The van der Waals surface area contributed by atoms with E-state index in [4.69, 9.17) is 5.84 Å². The van der Waals surface area contributed by atoms with Crippen molar-refractivity contribution in [3.05, 3.63) is 22.4 Å². The van der Waals surface area contributed by atoms with Gasteiger partial charge in [-0.25, -0.2) is 0 Å². The van der Waals surface area contributed by atoms with Gasteiger partial charge in [-0.2, -0.15) is 11.3 Å². The van der Waals surface area contributed by atoms with E-state index in [1.807, 2.05) is 0 Å². The van der Waals surface area contributed by atoms with Gasteiger partial charge in [-0.05, 0) is 34.7 Å². The van der Waals surface area contributed by atoms with E-state index >= 15 is 0 Å². The van der Waals surface area contributed by atoms with Crippen LogP contribution >= 0.6 is 11.3 Å². The van der Waals surface area contributed by atoms with Crippen molar-refractivity contribution >= 4 is 11.3 Å². The lowest BCUT2D eigenvalue weighted by molar-refractivity contribution is 0.488.